The van der Waals surface area contributed by atoms with Gasteiger partial charge in [0.1, 0.15) is 6.04 Å². The predicted octanol–water partition coefficient (Wildman–Crippen LogP) is 4.14. The summed E-state index contributed by atoms with van der Waals surface area (Å²) in [6.07, 6.45) is 2.14. The molecule has 1 aromatic rings. The molecule has 17 heavy (non-hydrogen) atoms. The van der Waals surface area contributed by atoms with Crippen LogP contribution in [0.5, 0.6) is 0 Å². The normalized spacial score (nSPS) is 12.4. The first-order valence-electron chi connectivity index (χ1n) is 6.12. The van der Waals surface area contributed by atoms with Crippen molar-refractivity contribution in [1.29, 1.82) is 5.26 Å². The van der Waals surface area contributed by atoms with E-state index in [1.165, 1.54) is 0 Å². The molecular weight excluding hydrogens is 276 g/mol. The Morgan fingerprint density at radius 3 is 2.29 bits per heavy atom. The van der Waals surface area contributed by atoms with Crippen LogP contribution in [0.2, 0.25) is 0 Å². The zero-order valence-corrected chi connectivity index (χ0v) is 12.1. The number of hydrogen-bond acceptors (Lipinski definition) is 2. The minimum absolute atomic E-state index is 0.148. The molecule has 0 saturated carbocycles. The lowest BCUT2D eigenvalue weighted by atomic mass is 10.1. The van der Waals surface area contributed by atoms with Crippen LogP contribution in [0.25, 0.3) is 0 Å². The Labute approximate surface area is 112 Å². The van der Waals surface area contributed by atoms with Crippen LogP contribution in [0.4, 0.5) is 0 Å². The van der Waals surface area contributed by atoms with Crippen molar-refractivity contribution in [3.63, 3.8) is 0 Å². The maximum Gasteiger partial charge on any atom is 0.124 e. The Hall–Kier alpha value is -0.850. The number of rotatable bonds is 6. The highest BCUT2D eigenvalue weighted by atomic mass is 79.9. The fraction of sp³-hybridized carbons (Fsp3) is 0.500. The molecule has 0 saturated heterocycles. The van der Waals surface area contributed by atoms with Gasteiger partial charge in [-0.25, -0.2) is 0 Å². The molecule has 0 aliphatic rings. The van der Waals surface area contributed by atoms with Gasteiger partial charge in [0.2, 0.25) is 0 Å². The minimum atomic E-state index is -0.148. The van der Waals surface area contributed by atoms with Crippen LogP contribution in [-0.4, -0.2) is 18.0 Å². The van der Waals surface area contributed by atoms with Gasteiger partial charge in [0, 0.05) is 4.47 Å². The first-order chi connectivity index (χ1) is 8.24. The molecule has 0 aromatic heterocycles. The van der Waals surface area contributed by atoms with Crippen molar-refractivity contribution in [3.8, 4) is 6.07 Å². The summed E-state index contributed by atoms with van der Waals surface area (Å²) >= 11 is 3.53. The predicted molar refractivity (Wildman–Crippen MR) is 74.7 cm³/mol. The maximum atomic E-state index is 9.42. The summed E-state index contributed by atoms with van der Waals surface area (Å²) < 4.78 is 1.02. The van der Waals surface area contributed by atoms with Gasteiger partial charge < -0.3 is 0 Å². The quantitative estimate of drug-likeness (QED) is 0.788. The van der Waals surface area contributed by atoms with E-state index in [9.17, 15) is 5.26 Å². The Bertz CT molecular complexity index is 378. The third kappa shape index (κ3) is 3.83. The second kappa shape index (κ2) is 7.47. The van der Waals surface area contributed by atoms with E-state index in [0.29, 0.717) is 0 Å². The van der Waals surface area contributed by atoms with Gasteiger partial charge in [-0.3, -0.25) is 4.90 Å². The van der Waals surface area contributed by atoms with Crippen molar-refractivity contribution in [3.05, 3.63) is 34.3 Å². The van der Waals surface area contributed by atoms with Gasteiger partial charge in [-0.05, 0) is 37.6 Å². The Kier molecular flexibility index (Phi) is 6.25. The summed E-state index contributed by atoms with van der Waals surface area (Å²) in [5.74, 6) is 0. The highest BCUT2D eigenvalue weighted by Crippen LogP contribution is 2.27. The summed E-state index contributed by atoms with van der Waals surface area (Å²) in [6.45, 7) is 6.23. The topological polar surface area (TPSA) is 27.0 Å². The summed E-state index contributed by atoms with van der Waals surface area (Å²) in [7, 11) is 0. The zero-order chi connectivity index (χ0) is 12.7. The molecule has 0 aliphatic carbocycles. The fourth-order valence-corrected chi connectivity index (χ4v) is 2.49. The Balaban J connectivity index is 2.97. The van der Waals surface area contributed by atoms with Gasteiger partial charge in [0.05, 0.1) is 6.07 Å². The largest absolute Gasteiger partial charge is 0.284 e. The molecule has 1 unspecified atom stereocenters. The number of halogens is 1. The van der Waals surface area contributed by atoms with Crippen LogP contribution in [0.15, 0.2) is 28.7 Å². The molecule has 0 heterocycles. The fourth-order valence-electron chi connectivity index (χ4n) is 1.99. The highest BCUT2D eigenvalue weighted by Gasteiger charge is 2.20. The molecule has 0 spiro atoms. The number of nitriles is 1. The molecule has 2 nitrogen and oxygen atoms in total. The molecule has 0 radical (unpaired) electrons. The van der Waals surface area contributed by atoms with Gasteiger partial charge >= 0.3 is 0 Å². The van der Waals surface area contributed by atoms with Crippen LogP contribution < -0.4 is 0 Å². The van der Waals surface area contributed by atoms with Crippen LogP contribution >= 0.6 is 15.9 Å². The molecule has 0 N–H and O–H groups in total. The standard InChI is InChI=1S/C14H19BrN2/c1-3-9-17(10-4-2)14(11-16)12-7-5-6-8-13(12)15/h5-8,14H,3-4,9-10H2,1-2H3. The van der Waals surface area contributed by atoms with Gasteiger partial charge in [-0.15, -0.1) is 0 Å². The van der Waals surface area contributed by atoms with Crippen LogP contribution in [0.3, 0.4) is 0 Å². The summed E-state index contributed by atoms with van der Waals surface area (Å²) in [4.78, 5) is 2.25. The number of benzene rings is 1. The molecule has 92 valence electrons. The SMILES string of the molecule is CCCN(CCC)C(C#N)c1ccccc1Br. The Morgan fingerprint density at radius 2 is 1.82 bits per heavy atom. The molecule has 1 rings (SSSR count). The monoisotopic (exact) mass is 294 g/mol. The van der Waals surface area contributed by atoms with E-state index >= 15 is 0 Å². The number of nitrogens with zero attached hydrogens (tertiary/aromatic N) is 2. The lowest BCUT2D eigenvalue weighted by Gasteiger charge is -2.27. The van der Waals surface area contributed by atoms with Gasteiger partial charge in [-0.2, -0.15) is 5.26 Å². The lowest BCUT2D eigenvalue weighted by Crippen LogP contribution is -2.29. The molecule has 0 fully saturated rings. The van der Waals surface area contributed by atoms with Gasteiger partial charge in [0.25, 0.3) is 0 Å². The van der Waals surface area contributed by atoms with E-state index in [0.717, 1.165) is 36.0 Å². The first kappa shape index (κ1) is 14.2. The summed E-state index contributed by atoms with van der Waals surface area (Å²) in [5, 5.41) is 9.42. The van der Waals surface area contributed by atoms with Crippen molar-refractivity contribution in [2.45, 2.75) is 32.7 Å². The Morgan fingerprint density at radius 1 is 1.24 bits per heavy atom. The van der Waals surface area contributed by atoms with Crippen molar-refractivity contribution >= 4 is 15.9 Å². The lowest BCUT2D eigenvalue weighted by molar-refractivity contribution is 0.236. The van der Waals surface area contributed by atoms with E-state index in [-0.39, 0.29) is 6.04 Å². The van der Waals surface area contributed by atoms with Gasteiger partial charge in [-0.1, -0.05) is 48.0 Å². The van der Waals surface area contributed by atoms with E-state index in [2.05, 4.69) is 40.7 Å². The van der Waals surface area contributed by atoms with Crippen molar-refractivity contribution in [2.24, 2.45) is 0 Å². The maximum absolute atomic E-state index is 9.42. The summed E-state index contributed by atoms with van der Waals surface area (Å²) in [6, 6.07) is 10.3. The van der Waals surface area contributed by atoms with Crippen LogP contribution in [0.1, 0.15) is 38.3 Å². The molecule has 0 bridgehead atoms. The summed E-state index contributed by atoms with van der Waals surface area (Å²) in [5.41, 5.74) is 1.07. The molecular formula is C14H19BrN2. The first-order valence-corrected chi connectivity index (χ1v) is 6.92. The third-order valence-electron chi connectivity index (χ3n) is 2.71. The molecule has 3 heteroatoms. The van der Waals surface area contributed by atoms with E-state index in [4.69, 9.17) is 0 Å². The smallest absolute Gasteiger partial charge is 0.124 e. The van der Waals surface area contributed by atoms with Crippen molar-refractivity contribution in [2.75, 3.05) is 13.1 Å². The van der Waals surface area contributed by atoms with E-state index < -0.39 is 0 Å². The minimum Gasteiger partial charge on any atom is -0.284 e. The van der Waals surface area contributed by atoms with Crippen LogP contribution in [-0.2, 0) is 0 Å². The average Bonchev–Trinajstić information content (AvgIpc) is 2.33. The van der Waals surface area contributed by atoms with Crippen molar-refractivity contribution < 1.29 is 0 Å². The molecule has 1 aromatic carbocycles. The molecule has 0 aliphatic heterocycles. The second-order valence-corrected chi connectivity index (χ2v) is 4.94. The van der Waals surface area contributed by atoms with E-state index in [1.54, 1.807) is 0 Å². The average molecular weight is 295 g/mol. The van der Waals surface area contributed by atoms with Gasteiger partial charge in [0.15, 0.2) is 0 Å². The second-order valence-electron chi connectivity index (χ2n) is 4.09. The molecule has 0 amide bonds. The van der Waals surface area contributed by atoms with E-state index in [1.807, 2.05) is 24.3 Å². The molecule has 1 atom stereocenters. The van der Waals surface area contributed by atoms with Crippen molar-refractivity contribution in [1.82, 2.24) is 4.90 Å². The zero-order valence-electron chi connectivity index (χ0n) is 10.5. The highest BCUT2D eigenvalue weighted by molar-refractivity contribution is 9.10. The number of hydrogen-bond donors (Lipinski definition) is 0. The van der Waals surface area contributed by atoms with Crippen LogP contribution in [0, 0.1) is 11.3 Å². The third-order valence-corrected chi connectivity index (χ3v) is 3.43.